The molecule has 0 bridgehead atoms. The minimum Gasteiger partial charge on any atom is -0.303 e. The minimum atomic E-state index is 0.198. The zero-order valence-electron chi connectivity index (χ0n) is 13.5. The largest absolute Gasteiger partial charge is 0.303 e. The summed E-state index contributed by atoms with van der Waals surface area (Å²) in [6.07, 6.45) is 13.2. The molecule has 3 aliphatic rings. The highest BCUT2D eigenvalue weighted by atomic mass is 32.1. The zero-order chi connectivity index (χ0) is 14.5. The third kappa shape index (κ3) is 2.79. The van der Waals surface area contributed by atoms with E-state index in [4.69, 9.17) is 4.98 Å². The van der Waals surface area contributed by atoms with Gasteiger partial charge in [-0.05, 0) is 63.2 Å². The van der Waals surface area contributed by atoms with Crippen molar-refractivity contribution in [1.82, 2.24) is 10.3 Å². The summed E-state index contributed by atoms with van der Waals surface area (Å²) >= 11 is 2.03. The first kappa shape index (κ1) is 14.2. The summed E-state index contributed by atoms with van der Waals surface area (Å²) in [5.41, 5.74) is 2.13. The van der Waals surface area contributed by atoms with Gasteiger partial charge in [0.05, 0.1) is 11.2 Å². The van der Waals surface area contributed by atoms with Crippen molar-refractivity contribution in [3.8, 4) is 0 Å². The third-order valence-electron chi connectivity index (χ3n) is 5.75. The van der Waals surface area contributed by atoms with E-state index in [0.717, 1.165) is 6.04 Å². The summed E-state index contributed by atoms with van der Waals surface area (Å²) in [5.74, 6) is 0. The second kappa shape index (κ2) is 5.06. The van der Waals surface area contributed by atoms with Gasteiger partial charge in [-0.15, -0.1) is 11.3 Å². The van der Waals surface area contributed by atoms with E-state index in [-0.39, 0.29) is 5.54 Å². The third-order valence-corrected chi connectivity index (χ3v) is 7.11. The van der Waals surface area contributed by atoms with Crippen LogP contribution < -0.4 is 5.32 Å². The normalized spacial score (nSPS) is 31.9. The quantitative estimate of drug-likeness (QED) is 0.827. The van der Waals surface area contributed by atoms with Gasteiger partial charge in [0.1, 0.15) is 5.01 Å². The molecule has 1 atom stereocenters. The highest BCUT2D eigenvalue weighted by Crippen LogP contribution is 2.46. The molecule has 0 aliphatic heterocycles. The van der Waals surface area contributed by atoms with Crippen LogP contribution >= 0.6 is 11.3 Å². The van der Waals surface area contributed by atoms with Crippen molar-refractivity contribution in [3.63, 3.8) is 0 Å². The molecule has 0 radical (unpaired) electrons. The van der Waals surface area contributed by atoms with Gasteiger partial charge in [-0.3, -0.25) is 0 Å². The fraction of sp³-hybridized carbons (Fsp3) is 0.833. The first-order valence-electron chi connectivity index (χ1n) is 8.83. The Bertz CT molecular complexity index is 508. The molecule has 2 nitrogen and oxygen atoms in total. The van der Waals surface area contributed by atoms with Crippen molar-refractivity contribution in [2.75, 3.05) is 0 Å². The van der Waals surface area contributed by atoms with E-state index in [0.29, 0.717) is 5.41 Å². The number of rotatable bonds is 3. The molecule has 2 fully saturated rings. The molecule has 4 rings (SSSR count). The predicted octanol–water partition coefficient (Wildman–Crippen LogP) is 4.57. The van der Waals surface area contributed by atoms with Crippen LogP contribution in [-0.4, -0.2) is 11.0 Å². The Balaban J connectivity index is 1.65. The second-order valence-corrected chi connectivity index (χ2v) is 9.34. The Hall–Kier alpha value is -0.410. The van der Waals surface area contributed by atoms with E-state index in [1.807, 2.05) is 11.3 Å². The Labute approximate surface area is 132 Å². The molecule has 3 aliphatic carbocycles. The molecular weight excluding hydrogens is 276 g/mol. The van der Waals surface area contributed by atoms with Crippen LogP contribution in [0.1, 0.15) is 80.8 Å². The lowest BCUT2D eigenvalue weighted by molar-refractivity contribution is 0.261. The Morgan fingerprint density at radius 1 is 1.05 bits per heavy atom. The molecule has 1 aromatic rings. The van der Waals surface area contributed by atoms with E-state index in [1.165, 1.54) is 74.9 Å². The van der Waals surface area contributed by atoms with E-state index in [2.05, 4.69) is 19.2 Å². The summed E-state index contributed by atoms with van der Waals surface area (Å²) in [7, 11) is 0. The average molecular weight is 305 g/mol. The summed E-state index contributed by atoms with van der Waals surface area (Å²) in [6.45, 7) is 4.89. The molecule has 3 heteroatoms. The van der Waals surface area contributed by atoms with Crippen LogP contribution in [0.2, 0.25) is 0 Å². The number of thiazole rings is 1. The lowest BCUT2D eigenvalue weighted by atomic mass is 9.83. The average Bonchev–Trinajstić information content (AvgIpc) is 3.00. The van der Waals surface area contributed by atoms with Crippen LogP contribution in [0, 0.1) is 5.41 Å². The van der Waals surface area contributed by atoms with Crippen molar-refractivity contribution in [2.45, 2.75) is 89.6 Å². The molecular formula is C18H28N2S. The van der Waals surface area contributed by atoms with Crippen molar-refractivity contribution < 1.29 is 0 Å². The number of nitrogens with zero attached hydrogens (tertiary/aromatic N) is 1. The maximum absolute atomic E-state index is 5.11. The van der Waals surface area contributed by atoms with Crippen molar-refractivity contribution >= 4 is 11.3 Å². The maximum Gasteiger partial charge on any atom is 0.113 e. The van der Waals surface area contributed by atoms with E-state index in [9.17, 15) is 0 Å². The van der Waals surface area contributed by atoms with Gasteiger partial charge < -0.3 is 5.32 Å². The summed E-state index contributed by atoms with van der Waals surface area (Å²) < 4.78 is 0. The van der Waals surface area contributed by atoms with Crippen LogP contribution in [0.3, 0.4) is 0 Å². The number of aromatic nitrogens is 1. The Kier molecular flexibility index (Phi) is 3.42. The Morgan fingerprint density at radius 3 is 2.67 bits per heavy atom. The van der Waals surface area contributed by atoms with Crippen LogP contribution in [-0.2, 0) is 18.4 Å². The molecule has 0 amide bonds. The van der Waals surface area contributed by atoms with E-state index in [1.54, 1.807) is 4.88 Å². The zero-order valence-corrected chi connectivity index (χ0v) is 14.3. The summed E-state index contributed by atoms with van der Waals surface area (Å²) in [4.78, 5) is 6.70. The van der Waals surface area contributed by atoms with Gasteiger partial charge in [-0.25, -0.2) is 4.98 Å². The molecule has 0 saturated heterocycles. The summed E-state index contributed by atoms with van der Waals surface area (Å²) in [5, 5.41) is 5.46. The molecule has 21 heavy (non-hydrogen) atoms. The highest BCUT2D eigenvalue weighted by molar-refractivity contribution is 7.12. The fourth-order valence-electron chi connectivity index (χ4n) is 4.10. The van der Waals surface area contributed by atoms with Gasteiger partial charge in [0.15, 0.2) is 0 Å². The van der Waals surface area contributed by atoms with Gasteiger partial charge in [0.2, 0.25) is 0 Å². The van der Waals surface area contributed by atoms with Gasteiger partial charge in [-0.2, -0.15) is 0 Å². The van der Waals surface area contributed by atoms with Crippen molar-refractivity contribution in [1.29, 1.82) is 0 Å². The van der Waals surface area contributed by atoms with Crippen LogP contribution in [0.25, 0.3) is 0 Å². The van der Waals surface area contributed by atoms with Crippen LogP contribution in [0.15, 0.2) is 0 Å². The number of nitrogens with one attached hydrogen (secondary N) is 1. The minimum absolute atomic E-state index is 0.198. The highest BCUT2D eigenvalue weighted by Gasteiger charge is 2.43. The number of fused-ring (bicyclic) bond motifs is 1. The second-order valence-electron chi connectivity index (χ2n) is 8.26. The first-order valence-corrected chi connectivity index (χ1v) is 9.65. The standard InChI is InChI=1S/C18H28N2S/c1-17(2)9-4-10-18(12-11-17,20-13-7-8-13)16-19-14-5-3-6-15(14)21-16/h13,20H,3-12H2,1-2H3. The Morgan fingerprint density at radius 2 is 1.90 bits per heavy atom. The molecule has 116 valence electrons. The molecule has 2 saturated carbocycles. The SMILES string of the molecule is CC1(C)CCCC(NC2CC2)(c2nc3c(s2)CCC3)CC1. The molecule has 0 aromatic carbocycles. The first-order chi connectivity index (χ1) is 10.1. The fourth-order valence-corrected chi connectivity index (χ4v) is 5.46. The van der Waals surface area contributed by atoms with Gasteiger partial charge in [0, 0.05) is 10.9 Å². The van der Waals surface area contributed by atoms with Crippen LogP contribution in [0.4, 0.5) is 0 Å². The molecule has 1 heterocycles. The molecule has 0 spiro atoms. The van der Waals surface area contributed by atoms with Crippen LogP contribution in [0.5, 0.6) is 0 Å². The van der Waals surface area contributed by atoms with Crippen molar-refractivity contribution in [3.05, 3.63) is 15.6 Å². The van der Waals surface area contributed by atoms with Crippen molar-refractivity contribution in [2.24, 2.45) is 5.41 Å². The topological polar surface area (TPSA) is 24.9 Å². The smallest absolute Gasteiger partial charge is 0.113 e. The predicted molar refractivity (Wildman–Crippen MR) is 88.8 cm³/mol. The molecule has 1 N–H and O–H groups in total. The van der Waals surface area contributed by atoms with E-state index < -0.39 is 0 Å². The van der Waals surface area contributed by atoms with Gasteiger partial charge in [-0.1, -0.05) is 20.3 Å². The van der Waals surface area contributed by atoms with Gasteiger partial charge in [0.25, 0.3) is 0 Å². The number of hydrogen-bond acceptors (Lipinski definition) is 3. The number of aryl methyl sites for hydroxylation is 2. The van der Waals surface area contributed by atoms with E-state index >= 15 is 0 Å². The van der Waals surface area contributed by atoms with Gasteiger partial charge >= 0.3 is 0 Å². The monoisotopic (exact) mass is 304 g/mol. The molecule has 1 unspecified atom stereocenters. The lowest BCUT2D eigenvalue weighted by Gasteiger charge is -2.33. The maximum atomic E-state index is 5.11. The molecule has 1 aromatic heterocycles. The summed E-state index contributed by atoms with van der Waals surface area (Å²) in [6, 6.07) is 0.768. The lowest BCUT2D eigenvalue weighted by Crippen LogP contribution is -2.43. The number of hydrogen-bond donors (Lipinski definition) is 1.